The van der Waals surface area contributed by atoms with E-state index in [1.807, 2.05) is 30.3 Å². The minimum atomic E-state index is -0.931. The van der Waals surface area contributed by atoms with Crippen LogP contribution in [0.5, 0.6) is 0 Å². The van der Waals surface area contributed by atoms with Crippen molar-refractivity contribution in [2.45, 2.75) is 57.1 Å². The third-order valence-corrected chi connectivity index (χ3v) is 6.05. The molecule has 2 rings (SSSR count). The zero-order valence-corrected chi connectivity index (χ0v) is 16.8. The first-order valence-corrected chi connectivity index (χ1v) is 10.0. The first-order chi connectivity index (χ1) is 12.3. The van der Waals surface area contributed by atoms with E-state index in [4.69, 9.17) is 18.9 Å². The van der Waals surface area contributed by atoms with Crippen LogP contribution >= 0.6 is 0 Å². The van der Waals surface area contributed by atoms with Crippen molar-refractivity contribution in [1.29, 1.82) is 0 Å². The van der Waals surface area contributed by atoms with Gasteiger partial charge in [-0.15, -0.1) is 0 Å². The van der Waals surface area contributed by atoms with Crippen molar-refractivity contribution in [2.75, 3.05) is 0 Å². The van der Waals surface area contributed by atoms with Gasteiger partial charge in [-0.3, -0.25) is 0 Å². The molecule has 1 aliphatic heterocycles. The van der Waals surface area contributed by atoms with Crippen molar-refractivity contribution in [3.05, 3.63) is 30.3 Å². The van der Waals surface area contributed by atoms with Gasteiger partial charge in [0.15, 0.2) is 0 Å². The van der Waals surface area contributed by atoms with Crippen molar-refractivity contribution in [3.8, 4) is 0 Å². The van der Waals surface area contributed by atoms with E-state index < -0.39 is 47.3 Å². The van der Waals surface area contributed by atoms with Crippen molar-refractivity contribution < 1.29 is 33.3 Å². The first kappa shape index (κ1) is 20.4. The molecule has 1 aliphatic rings. The van der Waals surface area contributed by atoms with E-state index in [0.717, 1.165) is 4.46 Å². The summed E-state index contributed by atoms with van der Waals surface area (Å²) in [5, 5.41) is -0.486. The molecule has 7 nitrogen and oxygen atoms in total. The molecule has 0 N–H and O–H groups in total. The molecule has 0 bridgehead atoms. The van der Waals surface area contributed by atoms with E-state index in [-0.39, 0.29) is 15.0 Å². The van der Waals surface area contributed by atoms with Gasteiger partial charge in [0.2, 0.25) is 0 Å². The second kappa shape index (κ2) is 9.16. The zero-order valence-electron chi connectivity index (χ0n) is 15.0. The number of hydrogen-bond donors (Lipinski definition) is 0. The third kappa shape index (κ3) is 5.56. The molecule has 26 heavy (non-hydrogen) atoms. The van der Waals surface area contributed by atoms with E-state index in [1.54, 1.807) is 6.92 Å². The molecule has 1 aromatic rings. The molecule has 0 saturated carbocycles. The van der Waals surface area contributed by atoms with Gasteiger partial charge in [-0.25, -0.2) is 0 Å². The fraction of sp³-hybridized carbons (Fsp3) is 0.500. The summed E-state index contributed by atoms with van der Waals surface area (Å²) in [7, 11) is 0. The topological polar surface area (TPSA) is 88.1 Å². The maximum absolute atomic E-state index is 11.6. The van der Waals surface area contributed by atoms with Crippen LogP contribution in [0.15, 0.2) is 30.3 Å². The van der Waals surface area contributed by atoms with E-state index in [0.29, 0.717) is 0 Å². The summed E-state index contributed by atoms with van der Waals surface area (Å²) in [5.41, 5.74) is 0. The van der Waals surface area contributed by atoms with Crippen molar-refractivity contribution in [2.24, 2.45) is 0 Å². The van der Waals surface area contributed by atoms with Gasteiger partial charge >= 0.3 is 158 Å². The Morgan fingerprint density at radius 2 is 1.35 bits per heavy atom. The Morgan fingerprint density at radius 1 is 0.846 bits per heavy atom. The molecule has 0 aromatic heterocycles. The Bertz CT molecular complexity index is 648. The Hall–Kier alpha value is -1.89. The molecule has 1 saturated heterocycles. The van der Waals surface area contributed by atoms with Gasteiger partial charge in [0.1, 0.15) is 0 Å². The van der Waals surface area contributed by atoms with Crippen LogP contribution < -0.4 is 4.46 Å². The maximum atomic E-state index is 11.6. The summed E-state index contributed by atoms with van der Waals surface area (Å²) in [4.78, 5) is 34.7. The Labute approximate surface area is 158 Å². The molecule has 1 heterocycles. The normalized spacial score (nSPS) is 28.1. The number of carbonyl (C=O) groups excluding carboxylic acids is 3. The van der Waals surface area contributed by atoms with Crippen molar-refractivity contribution in [3.63, 3.8) is 0 Å². The summed E-state index contributed by atoms with van der Waals surface area (Å²) in [6, 6.07) is 9.65. The standard InChI is InChI=1S/C18H22O7Se/c1-10-15(23-11(2)19)16(24-12(3)20)17(25-13(4)21)18(22-10)26-14-8-6-5-7-9-14/h5-10,15-18H,1-4H3. The average molecular weight is 429 g/mol. The molecule has 5 unspecified atom stereocenters. The van der Waals surface area contributed by atoms with Crippen LogP contribution in [-0.2, 0) is 33.3 Å². The second-order valence-corrected chi connectivity index (χ2v) is 8.32. The number of benzene rings is 1. The van der Waals surface area contributed by atoms with Crippen LogP contribution in [0.1, 0.15) is 27.7 Å². The summed E-state index contributed by atoms with van der Waals surface area (Å²) < 4.78 is 23.2. The quantitative estimate of drug-likeness (QED) is 0.384. The summed E-state index contributed by atoms with van der Waals surface area (Å²) in [6.07, 6.45) is -3.17. The molecule has 0 spiro atoms. The number of esters is 3. The Balaban J connectivity index is 2.33. The summed E-state index contributed by atoms with van der Waals surface area (Å²) >= 11 is -0.213. The molecule has 0 radical (unpaired) electrons. The Kier molecular flexibility index (Phi) is 7.20. The van der Waals surface area contributed by atoms with Crippen LogP contribution in [-0.4, -0.2) is 62.3 Å². The SMILES string of the molecule is CC(=O)OC1C(C)OC([Se]c2ccccc2)C(OC(C)=O)C1OC(C)=O. The van der Waals surface area contributed by atoms with Crippen LogP contribution in [0, 0.1) is 0 Å². The van der Waals surface area contributed by atoms with Gasteiger partial charge in [0.25, 0.3) is 0 Å². The summed E-state index contributed by atoms with van der Waals surface area (Å²) in [6.45, 7) is 5.53. The fourth-order valence-corrected chi connectivity index (χ4v) is 5.13. The molecular formula is C18H22O7Se. The molecule has 5 atom stereocenters. The van der Waals surface area contributed by atoms with Gasteiger partial charge in [-0.1, -0.05) is 0 Å². The van der Waals surface area contributed by atoms with Crippen LogP contribution in [0.2, 0.25) is 0 Å². The van der Waals surface area contributed by atoms with Crippen LogP contribution in [0.4, 0.5) is 0 Å². The monoisotopic (exact) mass is 430 g/mol. The number of carbonyl (C=O) groups is 3. The molecule has 0 aliphatic carbocycles. The van der Waals surface area contributed by atoms with Crippen molar-refractivity contribution in [1.82, 2.24) is 0 Å². The van der Waals surface area contributed by atoms with Crippen molar-refractivity contribution >= 4 is 37.3 Å². The van der Waals surface area contributed by atoms with Gasteiger partial charge < -0.3 is 0 Å². The number of ether oxygens (including phenoxy) is 4. The predicted octanol–water partition coefficient (Wildman–Crippen LogP) is 0.556. The van der Waals surface area contributed by atoms with E-state index in [9.17, 15) is 14.4 Å². The third-order valence-electron chi connectivity index (χ3n) is 3.63. The molecule has 8 heteroatoms. The van der Waals surface area contributed by atoms with Gasteiger partial charge in [-0.2, -0.15) is 0 Å². The molecular weight excluding hydrogens is 407 g/mol. The average Bonchev–Trinajstić information content (AvgIpc) is 2.54. The molecule has 142 valence electrons. The Morgan fingerprint density at radius 3 is 1.88 bits per heavy atom. The molecule has 1 fully saturated rings. The van der Waals surface area contributed by atoms with Crippen LogP contribution in [0.25, 0.3) is 0 Å². The fourth-order valence-electron chi connectivity index (χ4n) is 2.70. The first-order valence-electron chi connectivity index (χ1n) is 8.16. The second-order valence-electron chi connectivity index (χ2n) is 5.86. The van der Waals surface area contributed by atoms with Gasteiger partial charge in [0, 0.05) is 0 Å². The van der Waals surface area contributed by atoms with Gasteiger partial charge in [-0.05, 0) is 0 Å². The van der Waals surface area contributed by atoms with E-state index in [1.165, 1.54) is 20.8 Å². The zero-order chi connectivity index (χ0) is 19.3. The van der Waals surface area contributed by atoms with Gasteiger partial charge in [0.05, 0.1) is 0 Å². The number of rotatable bonds is 5. The van der Waals surface area contributed by atoms with E-state index >= 15 is 0 Å². The van der Waals surface area contributed by atoms with Crippen LogP contribution in [0.3, 0.4) is 0 Å². The van der Waals surface area contributed by atoms with E-state index in [2.05, 4.69) is 0 Å². The number of hydrogen-bond acceptors (Lipinski definition) is 7. The summed E-state index contributed by atoms with van der Waals surface area (Å²) in [5.74, 6) is -1.61. The predicted molar refractivity (Wildman–Crippen MR) is 92.8 cm³/mol. The minimum absolute atomic E-state index is 0.213. The molecule has 0 amide bonds. The molecule has 1 aromatic carbocycles.